The third kappa shape index (κ3) is 3.21. The second-order valence-electron chi connectivity index (χ2n) is 3.89. The van der Waals surface area contributed by atoms with Gasteiger partial charge < -0.3 is 13.7 Å². The van der Waals surface area contributed by atoms with Crippen molar-refractivity contribution in [3.05, 3.63) is 48.5 Å². The molecule has 0 fully saturated rings. The summed E-state index contributed by atoms with van der Waals surface area (Å²) in [5.41, 5.74) is 0. The topological polar surface area (TPSA) is 61.8 Å². The monoisotopic (exact) mass is 294 g/mol. The molecule has 20 heavy (non-hydrogen) atoms. The predicted molar refractivity (Wildman–Crippen MR) is 73.8 cm³/mol. The van der Waals surface area contributed by atoms with E-state index in [0.717, 1.165) is 0 Å². The van der Waals surface area contributed by atoms with Crippen LogP contribution in [0.1, 0.15) is 0 Å². The molecule has 106 valence electrons. The fourth-order valence-electron chi connectivity index (χ4n) is 1.57. The summed E-state index contributed by atoms with van der Waals surface area (Å²) in [6.07, 6.45) is 0. The van der Waals surface area contributed by atoms with Crippen molar-refractivity contribution >= 4 is 10.1 Å². The van der Waals surface area contributed by atoms with E-state index in [4.69, 9.17) is 13.7 Å². The number of methoxy groups -OCH3 is 2. The average molecular weight is 294 g/mol. The van der Waals surface area contributed by atoms with Gasteiger partial charge in [0.2, 0.25) is 0 Å². The zero-order valence-electron chi connectivity index (χ0n) is 11.1. The Balaban J connectivity index is 2.25. The van der Waals surface area contributed by atoms with E-state index in [9.17, 15) is 8.42 Å². The maximum atomic E-state index is 12.1. The first-order chi connectivity index (χ1) is 9.55. The van der Waals surface area contributed by atoms with Gasteiger partial charge >= 0.3 is 10.1 Å². The molecular formula is C14H14O5S. The maximum Gasteiger partial charge on any atom is 0.339 e. The van der Waals surface area contributed by atoms with Gasteiger partial charge in [-0.1, -0.05) is 6.07 Å². The Bertz CT molecular complexity index is 677. The number of benzene rings is 2. The Labute approximate surface area is 117 Å². The highest BCUT2D eigenvalue weighted by molar-refractivity contribution is 7.87. The van der Waals surface area contributed by atoms with Crippen LogP contribution >= 0.6 is 0 Å². The molecule has 0 aliphatic carbocycles. The van der Waals surface area contributed by atoms with E-state index >= 15 is 0 Å². The summed E-state index contributed by atoms with van der Waals surface area (Å²) in [4.78, 5) is 0.0566. The highest BCUT2D eigenvalue weighted by atomic mass is 32.2. The minimum atomic E-state index is -3.87. The van der Waals surface area contributed by atoms with Crippen LogP contribution in [-0.4, -0.2) is 22.6 Å². The lowest BCUT2D eigenvalue weighted by molar-refractivity contribution is 0.411. The zero-order valence-corrected chi connectivity index (χ0v) is 11.9. The first-order valence-electron chi connectivity index (χ1n) is 5.78. The van der Waals surface area contributed by atoms with Crippen molar-refractivity contribution in [1.29, 1.82) is 0 Å². The first kappa shape index (κ1) is 14.2. The van der Waals surface area contributed by atoms with Crippen LogP contribution in [0.4, 0.5) is 0 Å². The number of hydrogen-bond donors (Lipinski definition) is 0. The average Bonchev–Trinajstić information content (AvgIpc) is 2.47. The van der Waals surface area contributed by atoms with Crippen LogP contribution in [-0.2, 0) is 10.1 Å². The van der Waals surface area contributed by atoms with Crippen LogP contribution in [0.5, 0.6) is 17.2 Å². The lowest BCUT2D eigenvalue weighted by atomic mass is 10.3. The highest BCUT2D eigenvalue weighted by Gasteiger charge is 2.16. The van der Waals surface area contributed by atoms with Crippen LogP contribution in [0.3, 0.4) is 0 Å². The molecule has 2 rings (SSSR count). The van der Waals surface area contributed by atoms with Crippen molar-refractivity contribution < 1.29 is 22.1 Å². The van der Waals surface area contributed by atoms with Crippen molar-refractivity contribution in [2.24, 2.45) is 0 Å². The Morgan fingerprint density at radius 1 is 0.800 bits per heavy atom. The molecule has 0 heterocycles. The van der Waals surface area contributed by atoms with E-state index in [1.165, 1.54) is 32.4 Å². The van der Waals surface area contributed by atoms with Gasteiger partial charge in [0.15, 0.2) is 0 Å². The Hall–Kier alpha value is -2.21. The molecule has 0 unspecified atom stereocenters. The van der Waals surface area contributed by atoms with Gasteiger partial charge in [-0.25, -0.2) is 0 Å². The van der Waals surface area contributed by atoms with Crippen LogP contribution in [0.2, 0.25) is 0 Å². The molecule has 6 heteroatoms. The van der Waals surface area contributed by atoms with Gasteiger partial charge in [-0.15, -0.1) is 0 Å². The van der Waals surface area contributed by atoms with Crippen LogP contribution < -0.4 is 13.7 Å². The molecule has 0 saturated carbocycles. The molecule has 0 saturated heterocycles. The summed E-state index contributed by atoms with van der Waals surface area (Å²) in [6.45, 7) is 0. The summed E-state index contributed by atoms with van der Waals surface area (Å²) < 4.78 is 39.2. The quantitative estimate of drug-likeness (QED) is 0.793. The Morgan fingerprint density at radius 3 is 2.00 bits per heavy atom. The second kappa shape index (κ2) is 5.83. The molecule has 2 aromatic rings. The summed E-state index contributed by atoms with van der Waals surface area (Å²) >= 11 is 0. The van der Waals surface area contributed by atoms with Gasteiger partial charge in [-0.05, 0) is 36.4 Å². The van der Waals surface area contributed by atoms with Crippen molar-refractivity contribution in [3.63, 3.8) is 0 Å². The van der Waals surface area contributed by atoms with Gasteiger partial charge in [-0.3, -0.25) is 0 Å². The van der Waals surface area contributed by atoms with E-state index in [1.54, 1.807) is 30.3 Å². The Kier molecular flexibility index (Phi) is 4.14. The van der Waals surface area contributed by atoms with Crippen LogP contribution in [0.25, 0.3) is 0 Å². The predicted octanol–water partition coefficient (Wildman–Crippen LogP) is 2.47. The number of rotatable bonds is 5. The lowest BCUT2D eigenvalue weighted by Gasteiger charge is -2.08. The molecule has 0 N–H and O–H groups in total. The second-order valence-corrected chi connectivity index (χ2v) is 5.44. The van der Waals surface area contributed by atoms with Crippen molar-refractivity contribution in [3.8, 4) is 17.2 Å². The third-order valence-corrected chi connectivity index (χ3v) is 3.86. The van der Waals surface area contributed by atoms with Gasteiger partial charge in [0.05, 0.1) is 14.2 Å². The van der Waals surface area contributed by atoms with Gasteiger partial charge in [0.1, 0.15) is 22.1 Å². The van der Waals surface area contributed by atoms with E-state index in [1.807, 2.05) is 0 Å². The normalized spacial score (nSPS) is 10.9. The van der Waals surface area contributed by atoms with E-state index in [0.29, 0.717) is 11.5 Å². The molecule has 0 aromatic heterocycles. The zero-order chi connectivity index (χ0) is 14.6. The molecule has 0 radical (unpaired) electrons. The summed E-state index contributed by atoms with van der Waals surface area (Å²) in [5.74, 6) is 1.29. The molecule has 5 nitrogen and oxygen atoms in total. The Morgan fingerprint density at radius 2 is 1.40 bits per heavy atom. The minimum Gasteiger partial charge on any atom is -0.497 e. The fourth-order valence-corrected chi connectivity index (χ4v) is 2.49. The molecule has 0 aliphatic heterocycles. The maximum absolute atomic E-state index is 12.1. The number of hydrogen-bond acceptors (Lipinski definition) is 5. The highest BCUT2D eigenvalue weighted by Crippen LogP contribution is 2.24. The van der Waals surface area contributed by atoms with Crippen LogP contribution in [0.15, 0.2) is 53.4 Å². The van der Waals surface area contributed by atoms with Crippen molar-refractivity contribution in [1.82, 2.24) is 0 Å². The third-order valence-electron chi connectivity index (χ3n) is 2.60. The SMILES string of the molecule is COc1ccc(S(=O)(=O)Oc2cccc(OC)c2)cc1. The summed E-state index contributed by atoms with van der Waals surface area (Å²) in [5, 5.41) is 0. The van der Waals surface area contributed by atoms with E-state index in [-0.39, 0.29) is 10.6 Å². The van der Waals surface area contributed by atoms with Gasteiger partial charge in [0.25, 0.3) is 0 Å². The van der Waals surface area contributed by atoms with Crippen LogP contribution in [0, 0.1) is 0 Å². The smallest absolute Gasteiger partial charge is 0.339 e. The van der Waals surface area contributed by atoms with Crippen molar-refractivity contribution in [2.45, 2.75) is 4.90 Å². The molecule has 0 spiro atoms. The minimum absolute atomic E-state index is 0.0566. The molecule has 0 aliphatic rings. The largest absolute Gasteiger partial charge is 0.497 e. The standard InChI is InChI=1S/C14H14O5S/c1-17-11-6-8-14(9-7-11)20(15,16)19-13-5-3-4-12(10-13)18-2/h3-10H,1-2H3. The number of ether oxygens (including phenoxy) is 2. The van der Waals surface area contributed by atoms with Gasteiger partial charge in [0, 0.05) is 6.07 Å². The fraction of sp³-hybridized carbons (Fsp3) is 0.143. The summed E-state index contributed by atoms with van der Waals surface area (Å²) in [7, 11) is -0.867. The van der Waals surface area contributed by atoms with Gasteiger partial charge in [-0.2, -0.15) is 8.42 Å². The molecule has 0 amide bonds. The molecule has 0 bridgehead atoms. The van der Waals surface area contributed by atoms with E-state index < -0.39 is 10.1 Å². The van der Waals surface area contributed by atoms with E-state index in [2.05, 4.69) is 0 Å². The molecule has 2 aromatic carbocycles. The molecule has 0 atom stereocenters. The summed E-state index contributed by atoms with van der Waals surface area (Å²) in [6, 6.07) is 12.4. The first-order valence-corrected chi connectivity index (χ1v) is 7.18. The molecular weight excluding hydrogens is 280 g/mol. The lowest BCUT2D eigenvalue weighted by Crippen LogP contribution is -2.09. The van der Waals surface area contributed by atoms with Crippen molar-refractivity contribution in [2.75, 3.05) is 14.2 Å².